The van der Waals surface area contributed by atoms with Crippen LogP contribution in [0.5, 0.6) is 0 Å². The summed E-state index contributed by atoms with van der Waals surface area (Å²) in [5, 5.41) is 5.23. The number of carbonyl (C=O) groups is 3. The minimum absolute atomic E-state index is 0.139. The summed E-state index contributed by atoms with van der Waals surface area (Å²) in [5.74, 6) is -0.975. The monoisotopic (exact) mass is 411 g/mol. The van der Waals surface area contributed by atoms with E-state index in [9.17, 15) is 14.4 Å². The summed E-state index contributed by atoms with van der Waals surface area (Å²) in [6, 6.07) is 24.3. The average Bonchev–Trinajstić information content (AvgIpc) is 3.04. The maximum absolute atomic E-state index is 12.6. The normalized spacial score (nSPS) is 14.6. The van der Waals surface area contributed by atoms with E-state index < -0.39 is 17.8 Å². The van der Waals surface area contributed by atoms with E-state index in [1.165, 1.54) is 0 Å². The highest BCUT2D eigenvalue weighted by Gasteiger charge is 2.34. The molecule has 0 radical (unpaired) electrons. The van der Waals surface area contributed by atoms with Crippen molar-refractivity contribution >= 4 is 29.6 Å². The number of anilines is 1. The lowest BCUT2D eigenvalue weighted by molar-refractivity contribution is -0.127. The van der Waals surface area contributed by atoms with Gasteiger partial charge in [-0.25, -0.2) is 9.69 Å². The summed E-state index contributed by atoms with van der Waals surface area (Å²) < 4.78 is 0. The fourth-order valence-electron chi connectivity index (χ4n) is 3.27. The van der Waals surface area contributed by atoms with Crippen molar-refractivity contribution in [3.05, 3.63) is 95.7 Å². The number of imide groups is 1. The summed E-state index contributed by atoms with van der Waals surface area (Å²) in [7, 11) is 0. The van der Waals surface area contributed by atoms with Crippen LogP contribution in [0, 0.1) is 6.92 Å². The molecule has 1 aliphatic heterocycles. The molecular formula is C25H21N3O3. The van der Waals surface area contributed by atoms with Crippen LogP contribution in [0.4, 0.5) is 10.5 Å². The Bertz CT molecular complexity index is 1150. The summed E-state index contributed by atoms with van der Waals surface area (Å²) in [6.45, 7) is 1.59. The second kappa shape index (κ2) is 8.67. The Morgan fingerprint density at radius 1 is 0.903 bits per heavy atom. The number of nitrogens with zero attached hydrogens (tertiary/aromatic N) is 1. The van der Waals surface area contributed by atoms with Crippen molar-refractivity contribution in [2.24, 2.45) is 0 Å². The lowest BCUT2D eigenvalue weighted by Gasteiger charge is -2.12. The molecule has 1 saturated heterocycles. The van der Waals surface area contributed by atoms with E-state index in [0.29, 0.717) is 5.69 Å². The summed E-state index contributed by atoms with van der Waals surface area (Å²) in [5.41, 5.74) is 4.74. The molecule has 6 heteroatoms. The van der Waals surface area contributed by atoms with Crippen LogP contribution in [0.15, 0.2) is 84.6 Å². The minimum Gasteiger partial charge on any atom is -0.325 e. The van der Waals surface area contributed by atoms with Gasteiger partial charge in [0.25, 0.3) is 5.91 Å². The van der Waals surface area contributed by atoms with E-state index in [2.05, 4.69) is 10.6 Å². The van der Waals surface area contributed by atoms with E-state index >= 15 is 0 Å². The van der Waals surface area contributed by atoms with E-state index in [1.54, 1.807) is 18.2 Å². The van der Waals surface area contributed by atoms with Crippen LogP contribution >= 0.6 is 0 Å². The smallest absolute Gasteiger partial charge is 0.325 e. The van der Waals surface area contributed by atoms with Crippen LogP contribution in [0.2, 0.25) is 0 Å². The van der Waals surface area contributed by atoms with Crippen LogP contribution in [0.3, 0.4) is 0 Å². The molecular weight excluding hydrogens is 390 g/mol. The number of urea groups is 1. The molecule has 3 aromatic rings. The van der Waals surface area contributed by atoms with Gasteiger partial charge in [0.05, 0.1) is 0 Å². The first-order valence-corrected chi connectivity index (χ1v) is 9.86. The van der Waals surface area contributed by atoms with Crippen LogP contribution in [0.1, 0.15) is 11.1 Å². The van der Waals surface area contributed by atoms with Crippen molar-refractivity contribution in [1.82, 2.24) is 10.2 Å². The van der Waals surface area contributed by atoms with Crippen LogP contribution < -0.4 is 10.6 Å². The summed E-state index contributed by atoms with van der Waals surface area (Å²) >= 11 is 0. The molecule has 31 heavy (non-hydrogen) atoms. The second-order valence-corrected chi connectivity index (χ2v) is 7.28. The highest BCUT2D eigenvalue weighted by atomic mass is 16.2. The Morgan fingerprint density at radius 3 is 2.23 bits per heavy atom. The first kappa shape index (κ1) is 20.1. The van der Waals surface area contributed by atoms with Gasteiger partial charge in [0.1, 0.15) is 12.2 Å². The van der Waals surface area contributed by atoms with Gasteiger partial charge in [-0.15, -0.1) is 0 Å². The Kier molecular flexibility index (Phi) is 5.62. The molecule has 6 nitrogen and oxygen atoms in total. The van der Waals surface area contributed by atoms with E-state index in [4.69, 9.17) is 0 Å². The van der Waals surface area contributed by atoms with Crippen LogP contribution in [0.25, 0.3) is 17.2 Å². The molecule has 4 rings (SSSR count). The number of hydrogen-bond acceptors (Lipinski definition) is 3. The van der Waals surface area contributed by atoms with Gasteiger partial charge < -0.3 is 10.6 Å². The maximum atomic E-state index is 12.6. The lowest BCUT2D eigenvalue weighted by atomic mass is 10.0. The van der Waals surface area contributed by atoms with Gasteiger partial charge in [-0.05, 0) is 41.8 Å². The van der Waals surface area contributed by atoms with Gasteiger partial charge in [0.15, 0.2) is 0 Å². The van der Waals surface area contributed by atoms with Crippen molar-refractivity contribution in [2.75, 3.05) is 11.9 Å². The first-order valence-electron chi connectivity index (χ1n) is 9.86. The quantitative estimate of drug-likeness (QED) is 0.488. The number of hydrogen-bond donors (Lipinski definition) is 2. The molecule has 4 amide bonds. The molecule has 0 atom stereocenters. The molecule has 0 bridgehead atoms. The Hall–Kier alpha value is -4.19. The van der Waals surface area contributed by atoms with E-state index in [-0.39, 0.29) is 12.2 Å². The fraction of sp³-hybridized carbons (Fsp3) is 0.0800. The SMILES string of the molecule is Cc1ccc(NC(=O)CN2C(=O)NC(=Cc3ccc(-c4ccccc4)cc3)C2=O)cc1. The number of benzene rings is 3. The number of aryl methyl sites for hydroxylation is 1. The molecule has 0 aliphatic carbocycles. The Morgan fingerprint density at radius 2 is 1.55 bits per heavy atom. The average molecular weight is 411 g/mol. The predicted octanol–water partition coefficient (Wildman–Crippen LogP) is 4.19. The predicted molar refractivity (Wildman–Crippen MR) is 120 cm³/mol. The van der Waals surface area contributed by atoms with Crippen molar-refractivity contribution < 1.29 is 14.4 Å². The zero-order chi connectivity index (χ0) is 21.8. The number of carbonyl (C=O) groups excluding carboxylic acids is 3. The topological polar surface area (TPSA) is 78.5 Å². The number of rotatable bonds is 5. The van der Waals surface area contributed by atoms with Gasteiger partial charge in [0, 0.05) is 5.69 Å². The molecule has 1 heterocycles. The molecule has 1 fully saturated rings. The molecule has 2 N–H and O–H groups in total. The zero-order valence-corrected chi connectivity index (χ0v) is 17.0. The zero-order valence-electron chi connectivity index (χ0n) is 17.0. The van der Waals surface area contributed by atoms with E-state index in [1.807, 2.05) is 73.7 Å². The van der Waals surface area contributed by atoms with Gasteiger partial charge in [-0.3, -0.25) is 9.59 Å². The summed E-state index contributed by atoms with van der Waals surface area (Å²) in [6.07, 6.45) is 1.60. The van der Waals surface area contributed by atoms with Crippen LogP contribution in [-0.2, 0) is 9.59 Å². The van der Waals surface area contributed by atoms with Gasteiger partial charge >= 0.3 is 6.03 Å². The summed E-state index contributed by atoms with van der Waals surface area (Å²) in [4.78, 5) is 38.0. The van der Waals surface area contributed by atoms with Crippen LogP contribution in [-0.4, -0.2) is 29.3 Å². The van der Waals surface area contributed by atoms with Crippen molar-refractivity contribution in [3.63, 3.8) is 0 Å². The lowest BCUT2D eigenvalue weighted by Crippen LogP contribution is -2.38. The van der Waals surface area contributed by atoms with Crippen molar-refractivity contribution in [3.8, 4) is 11.1 Å². The second-order valence-electron chi connectivity index (χ2n) is 7.28. The minimum atomic E-state index is -0.615. The van der Waals surface area contributed by atoms with Crippen molar-refractivity contribution in [2.45, 2.75) is 6.92 Å². The fourth-order valence-corrected chi connectivity index (χ4v) is 3.27. The standard InChI is InChI=1S/C25H21N3O3/c1-17-7-13-21(14-8-17)26-23(29)16-28-24(30)22(27-25(28)31)15-18-9-11-20(12-10-18)19-5-3-2-4-6-19/h2-15H,16H2,1H3,(H,26,29)(H,27,31). The van der Waals surface area contributed by atoms with Gasteiger partial charge in [0.2, 0.25) is 5.91 Å². The third-order valence-electron chi connectivity index (χ3n) is 4.93. The Labute approximate surface area is 180 Å². The number of nitrogens with one attached hydrogen (secondary N) is 2. The third kappa shape index (κ3) is 4.70. The van der Waals surface area contributed by atoms with Crippen molar-refractivity contribution in [1.29, 1.82) is 0 Å². The van der Waals surface area contributed by atoms with E-state index in [0.717, 1.165) is 27.2 Å². The maximum Gasteiger partial charge on any atom is 0.329 e. The molecule has 3 aromatic carbocycles. The molecule has 0 aromatic heterocycles. The molecule has 0 saturated carbocycles. The molecule has 154 valence electrons. The first-order chi connectivity index (χ1) is 15.0. The van der Waals surface area contributed by atoms with Gasteiger partial charge in [-0.2, -0.15) is 0 Å². The largest absolute Gasteiger partial charge is 0.329 e. The third-order valence-corrected chi connectivity index (χ3v) is 4.93. The molecule has 0 spiro atoms. The number of amides is 4. The van der Waals surface area contributed by atoms with Gasteiger partial charge in [-0.1, -0.05) is 72.3 Å². The highest BCUT2D eigenvalue weighted by molar-refractivity contribution is 6.15. The molecule has 1 aliphatic rings. The molecule has 0 unspecified atom stereocenters. The highest BCUT2D eigenvalue weighted by Crippen LogP contribution is 2.21. The Balaban J connectivity index is 1.43.